The molecule has 104 valence electrons. The molecule has 2 aromatic rings. The van der Waals surface area contributed by atoms with Gasteiger partial charge in [0.2, 0.25) is 0 Å². The normalized spacial score (nSPS) is 10.6. The third-order valence-electron chi connectivity index (χ3n) is 3.21. The van der Waals surface area contributed by atoms with Crippen molar-refractivity contribution in [2.45, 2.75) is 27.3 Å². The number of nitro groups is 1. The van der Waals surface area contributed by atoms with Gasteiger partial charge in [0.05, 0.1) is 22.7 Å². The van der Waals surface area contributed by atoms with Gasteiger partial charge >= 0.3 is 0 Å². The summed E-state index contributed by atoms with van der Waals surface area (Å²) < 4.78 is 1.74. The van der Waals surface area contributed by atoms with Crippen molar-refractivity contribution in [2.24, 2.45) is 0 Å². The number of ketones is 1. The smallest absolute Gasteiger partial charge is 0.269 e. The number of Topliss-reactive ketones (excluding diaryl/α,β-unsaturated/α-hetero) is 1. The van der Waals surface area contributed by atoms with E-state index in [4.69, 9.17) is 0 Å². The number of carbonyl (C=O) groups excluding carboxylic acids is 1. The molecule has 20 heavy (non-hydrogen) atoms. The number of hydrogen-bond acceptors (Lipinski definition) is 4. The van der Waals surface area contributed by atoms with E-state index in [0.29, 0.717) is 17.8 Å². The van der Waals surface area contributed by atoms with E-state index in [2.05, 4.69) is 5.10 Å². The van der Waals surface area contributed by atoms with Crippen LogP contribution in [0.1, 0.15) is 34.2 Å². The molecule has 1 heterocycles. The highest BCUT2D eigenvalue weighted by atomic mass is 16.6. The summed E-state index contributed by atoms with van der Waals surface area (Å²) in [7, 11) is 0. The van der Waals surface area contributed by atoms with Gasteiger partial charge in [-0.05, 0) is 26.3 Å². The van der Waals surface area contributed by atoms with E-state index in [1.807, 2.05) is 6.92 Å². The second-order valence-corrected chi connectivity index (χ2v) is 4.68. The molecule has 0 saturated carbocycles. The Hall–Kier alpha value is -2.50. The minimum Gasteiger partial charge on any atom is -0.294 e. The lowest BCUT2D eigenvalue weighted by molar-refractivity contribution is -0.384. The number of nitro benzene ring substituents is 1. The average Bonchev–Trinajstić information content (AvgIpc) is 2.65. The highest BCUT2D eigenvalue weighted by Gasteiger charge is 2.15. The van der Waals surface area contributed by atoms with Gasteiger partial charge < -0.3 is 0 Å². The molecule has 0 spiro atoms. The van der Waals surface area contributed by atoms with Crippen LogP contribution in [0.5, 0.6) is 0 Å². The lowest BCUT2D eigenvalue weighted by Crippen LogP contribution is -2.05. The maximum absolute atomic E-state index is 11.5. The van der Waals surface area contributed by atoms with E-state index in [0.717, 1.165) is 11.3 Å². The van der Waals surface area contributed by atoms with E-state index in [1.54, 1.807) is 23.7 Å². The van der Waals surface area contributed by atoms with Crippen LogP contribution < -0.4 is 0 Å². The van der Waals surface area contributed by atoms with Crippen LogP contribution in [-0.4, -0.2) is 20.5 Å². The van der Waals surface area contributed by atoms with E-state index in [1.165, 1.54) is 19.1 Å². The number of rotatable bonds is 4. The molecular weight excluding hydrogens is 258 g/mol. The number of nitrogens with zero attached hydrogens (tertiary/aromatic N) is 3. The van der Waals surface area contributed by atoms with Gasteiger partial charge in [-0.2, -0.15) is 5.10 Å². The van der Waals surface area contributed by atoms with Crippen LogP contribution in [0.3, 0.4) is 0 Å². The Morgan fingerprint density at radius 3 is 2.35 bits per heavy atom. The molecule has 0 N–H and O–H groups in total. The van der Waals surface area contributed by atoms with E-state index in [9.17, 15) is 14.9 Å². The number of hydrogen-bond donors (Lipinski definition) is 0. The van der Waals surface area contributed by atoms with E-state index >= 15 is 0 Å². The van der Waals surface area contributed by atoms with Crippen molar-refractivity contribution in [2.75, 3.05) is 0 Å². The molecule has 0 fully saturated rings. The van der Waals surface area contributed by atoms with Gasteiger partial charge in [-0.15, -0.1) is 0 Å². The summed E-state index contributed by atoms with van der Waals surface area (Å²) in [4.78, 5) is 21.7. The van der Waals surface area contributed by atoms with Crippen molar-refractivity contribution in [1.29, 1.82) is 0 Å². The van der Waals surface area contributed by atoms with Crippen molar-refractivity contribution in [3.8, 4) is 0 Å². The van der Waals surface area contributed by atoms with Crippen molar-refractivity contribution in [1.82, 2.24) is 9.78 Å². The number of aromatic nitrogens is 2. The van der Waals surface area contributed by atoms with Crippen LogP contribution in [-0.2, 0) is 6.54 Å². The zero-order chi connectivity index (χ0) is 14.9. The highest BCUT2D eigenvalue weighted by Crippen LogP contribution is 2.17. The predicted molar refractivity (Wildman–Crippen MR) is 73.9 cm³/mol. The van der Waals surface area contributed by atoms with Crippen LogP contribution >= 0.6 is 0 Å². The van der Waals surface area contributed by atoms with Crippen LogP contribution in [0.25, 0.3) is 0 Å². The summed E-state index contributed by atoms with van der Waals surface area (Å²) in [6.45, 7) is 5.66. The minimum atomic E-state index is -0.430. The van der Waals surface area contributed by atoms with Gasteiger partial charge in [0.15, 0.2) is 5.78 Å². The fourth-order valence-corrected chi connectivity index (χ4v) is 2.26. The Labute approximate surface area is 116 Å². The summed E-state index contributed by atoms with van der Waals surface area (Å²) in [6.07, 6.45) is 0. The van der Waals surface area contributed by atoms with Crippen molar-refractivity contribution in [3.63, 3.8) is 0 Å². The van der Waals surface area contributed by atoms with E-state index in [-0.39, 0.29) is 11.5 Å². The van der Waals surface area contributed by atoms with Crippen molar-refractivity contribution >= 4 is 11.5 Å². The molecule has 0 amide bonds. The zero-order valence-corrected chi connectivity index (χ0v) is 11.6. The van der Waals surface area contributed by atoms with Gasteiger partial charge in [0.1, 0.15) is 0 Å². The summed E-state index contributed by atoms with van der Waals surface area (Å²) in [6, 6.07) is 6.32. The molecule has 0 radical (unpaired) electrons. The first-order chi connectivity index (χ1) is 9.40. The third kappa shape index (κ3) is 2.59. The van der Waals surface area contributed by atoms with Crippen molar-refractivity contribution in [3.05, 3.63) is 56.9 Å². The zero-order valence-electron chi connectivity index (χ0n) is 11.6. The van der Waals surface area contributed by atoms with Crippen molar-refractivity contribution < 1.29 is 9.72 Å². The first kappa shape index (κ1) is 13.9. The Kier molecular flexibility index (Phi) is 3.65. The minimum absolute atomic E-state index is 0.00468. The molecule has 0 atom stereocenters. The second-order valence-electron chi connectivity index (χ2n) is 4.68. The summed E-state index contributed by atoms with van der Waals surface area (Å²) >= 11 is 0. The Bertz CT molecular complexity index is 672. The first-order valence-corrected chi connectivity index (χ1v) is 6.18. The van der Waals surface area contributed by atoms with E-state index < -0.39 is 4.92 Å². The van der Waals surface area contributed by atoms with Gasteiger partial charge in [-0.1, -0.05) is 12.1 Å². The maximum atomic E-state index is 11.5. The average molecular weight is 273 g/mol. The van der Waals surface area contributed by atoms with Gasteiger partial charge in [-0.3, -0.25) is 19.6 Å². The molecule has 0 aliphatic heterocycles. The quantitative estimate of drug-likeness (QED) is 0.487. The Balaban J connectivity index is 2.28. The van der Waals surface area contributed by atoms with Gasteiger partial charge in [-0.25, -0.2) is 0 Å². The van der Waals surface area contributed by atoms with Crippen LogP contribution in [0.15, 0.2) is 24.3 Å². The van der Waals surface area contributed by atoms with Gasteiger partial charge in [0.25, 0.3) is 5.69 Å². The molecule has 1 aromatic carbocycles. The largest absolute Gasteiger partial charge is 0.294 e. The van der Waals surface area contributed by atoms with Gasteiger partial charge in [0, 0.05) is 17.8 Å². The molecular formula is C14H15N3O3. The molecule has 6 nitrogen and oxygen atoms in total. The molecule has 1 aromatic heterocycles. The molecule has 0 saturated heterocycles. The SMILES string of the molecule is CC(=O)c1c(C)nn(Cc2ccc([N+](=O)[O-])cc2)c1C. The molecule has 6 heteroatoms. The van der Waals surface area contributed by atoms with Crippen LogP contribution in [0.2, 0.25) is 0 Å². The standard InChI is InChI=1S/C14H15N3O3/c1-9-14(11(3)18)10(2)16(15-9)8-12-4-6-13(7-5-12)17(19)20/h4-7H,8H2,1-3H3. The highest BCUT2D eigenvalue weighted by molar-refractivity contribution is 5.96. The number of aryl methyl sites for hydroxylation is 1. The molecule has 2 rings (SSSR count). The fraction of sp³-hybridized carbons (Fsp3) is 0.286. The number of benzene rings is 1. The molecule has 0 aliphatic rings. The number of carbonyl (C=O) groups is 1. The molecule has 0 unspecified atom stereocenters. The first-order valence-electron chi connectivity index (χ1n) is 6.18. The Morgan fingerprint density at radius 2 is 1.90 bits per heavy atom. The third-order valence-corrected chi connectivity index (χ3v) is 3.21. The summed E-state index contributed by atoms with van der Waals surface area (Å²) in [5.41, 5.74) is 3.13. The molecule has 0 bridgehead atoms. The van der Waals surface area contributed by atoms with Crippen LogP contribution in [0, 0.1) is 24.0 Å². The monoisotopic (exact) mass is 273 g/mol. The fourth-order valence-electron chi connectivity index (χ4n) is 2.26. The predicted octanol–water partition coefficient (Wildman–Crippen LogP) is 2.66. The summed E-state index contributed by atoms with van der Waals surface area (Å²) in [5, 5.41) is 14.9. The topological polar surface area (TPSA) is 78.0 Å². The molecule has 0 aliphatic carbocycles. The lowest BCUT2D eigenvalue weighted by Gasteiger charge is -2.05. The van der Waals surface area contributed by atoms with Crippen LogP contribution in [0.4, 0.5) is 5.69 Å². The lowest BCUT2D eigenvalue weighted by atomic mass is 10.1. The summed E-state index contributed by atoms with van der Waals surface area (Å²) in [5.74, 6) is -0.00468. The Morgan fingerprint density at radius 1 is 1.30 bits per heavy atom. The number of non-ortho nitro benzene ring substituents is 1. The maximum Gasteiger partial charge on any atom is 0.269 e. The second kappa shape index (κ2) is 5.24.